The Labute approximate surface area is 198 Å². The van der Waals surface area contributed by atoms with E-state index in [1.54, 1.807) is 12.2 Å². The lowest BCUT2D eigenvalue weighted by atomic mass is 9.99. The number of nitrogens with two attached hydrogens (primary N) is 2. The third-order valence-electron chi connectivity index (χ3n) is 4.20. The largest absolute Gasteiger partial charge is 0.370 e. The second-order valence-electron chi connectivity index (χ2n) is 6.84. The lowest BCUT2D eigenvalue weighted by Crippen LogP contribution is -2.34. The first-order chi connectivity index (χ1) is 16.3. The summed E-state index contributed by atoms with van der Waals surface area (Å²) in [7, 11) is 0. The van der Waals surface area contributed by atoms with Gasteiger partial charge in [-0.15, -0.1) is 0 Å². The van der Waals surface area contributed by atoms with Crippen LogP contribution in [0.2, 0.25) is 0 Å². The van der Waals surface area contributed by atoms with Crippen molar-refractivity contribution in [3.8, 4) is 11.1 Å². The van der Waals surface area contributed by atoms with Crippen molar-refractivity contribution in [3.63, 3.8) is 0 Å². The molecule has 0 saturated carbocycles. The SMILES string of the molecule is N=C(N)NC(=O)C=Cc1ccccc1.N=C(N)NC(=O)C=Cc1ccccc1-c1ccccc1. The number of hydrogen-bond donors (Lipinski definition) is 6. The van der Waals surface area contributed by atoms with Crippen molar-refractivity contribution >= 4 is 35.9 Å². The van der Waals surface area contributed by atoms with Crippen molar-refractivity contribution in [2.24, 2.45) is 11.5 Å². The summed E-state index contributed by atoms with van der Waals surface area (Å²) in [5.41, 5.74) is 14.1. The molecule has 0 aromatic heterocycles. The van der Waals surface area contributed by atoms with Crippen molar-refractivity contribution in [2.75, 3.05) is 0 Å². The summed E-state index contributed by atoms with van der Waals surface area (Å²) in [6, 6.07) is 27.1. The summed E-state index contributed by atoms with van der Waals surface area (Å²) in [5.74, 6) is -1.54. The first kappa shape index (κ1) is 25.3. The molecule has 8 heteroatoms. The smallest absolute Gasteiger partial charge is 0.250 e. The number of amides is 2. The predicted octanol–water partition coefficient (Wildman–Crippen LogP) is 3.09. The Balaban J connectivity index is 0.000000257. The van der Waals surface area contributed by atoms with Gasteiger partial charge in [-0.2, -0.15) is 0 Å². The van der Waals surface area contributed by atoms with E-state index in [9.17, 15) is 9.59 Å². The Morgan fingerprint density at radius 2 is 1.12 bits per heavy atom. The van der Waals surface area contributed by atoms with Gasteiger partial charge in [0.15, 0.2) is 11.9 Å². The highest BCUT2D eigenvalue weighted by molar-refractivity contribution is 6.03. The van der Waals surface area contributed by atoms with Crippen molar-refractivity contribution in [3.05, 3.63) is 108 Å². The summed E-state index contributed by atoms with van der Waals surface area (Å²) >= 11 is 0. The number of carbonyl (C=O) groups excluding carboxylic acids is 2. The number of carbonyl (C=O) groups is 2. The van der Waals surface area contributed by atoms with E-state index in [2.05, 4.69) is 10.6 Å². The van der Waals surface area contributed by atoms with Gasteiger partial charge in [0.05, 0.1) is 0 Å². The Bertz CT molecular complexity index is 1190. The molecule has 3 aromatic carbocycles. The Hall–Kier alpha value is -4.98. The summed E-state index contributed by atoms with van der Waals surface area (Å²) in [6.45, 7) is 0. The Kier molecular flexibility index (Phi) is 9.99. The first-order valence-corrected chi connectivity index (χ1v) is 10.2. The van der Waals surface area contributed by atoms with E-state index in [1.807, 2.05) is 84.9 Å². The molecule has 0 aliphatic rings. The zero-order chi connectivity index (χ0) is 24.8. The van der Waals surface area contributed by atoms with E-state index in [1.165, 1.54) is 12.2 Å². The number of guanidine groups is 2. The molecule has 0 spiro atoms. The van der Waals surface area contributed by atoms with Crippen LogP contribution in [0.3, 0.4) is 0 Å². The molecular formula is C26H26N6O2. The molecule has 2 amide bonds. The third-order valence-corrected chi connectivity index (χ3v) is 4.20. The summed E-state index contributed by atoms with van der Waals surface area (Å²) in [5, 5.41) is 18.2. The van der Waals surface area contributed by atoms with Crippen molar-refractivity contribution in [2.45, 2.75) is 0 Å². The third kappa shape index (κ3) is 9.44. The topological polar surface area (TPSA) is 158 Å². The molecule has 8 nitrogen and oxygen atoms in total. The van der Waals surface area contributed by atoms with Crippen LogP contribution < -0.4 is 22.1 Å². The minimum atomic E-state index is -0.416. The van der Waals surface area contributed by atoms with Crippen LogP contribution in [0.15, 0.2) is 97.1 Å². The van der Waals surface area contributed by atoms with Gasteiger partial charge in [0.2, 0.25) is 0 Å². The number of rotatable bonds is 5. The van der Waals surface area contributed by atoms with E-state index in [-0.39, 0.29) is 11.9 Å². The Morgan fingerprint density at radius 3 is 1.68 bits per heavy atom. The average molecular weight is 455 g/mol. The predicted molar refractivity (Wildman–Crippen MR) is 137 cm³/mol. The van der Waals surface area contributed by atoms with Crippen molar-refractivity contribution < 1.29 is 9.59 Å². The van der Waals surface area contributed by atoms with Gasteiger partial charge in [-0.1, -0.05) is 84.9 Å². The van der Waals surface area contributed by atoms with Crippen LogP contribution in [0, 0.1) is 10.8 Å². The lowest BCUT2D eigenvalue weighted by molar-refractivity contribution is -0.116. The van der Waals surface area contributed by atoms with Crippen LogP contribution >= 0.6 is 0 Å². The molecule has 0 fully saturated rings. The fourth-order valence-electron chi connectivity index (χ4n) is 2.77. The van der Waals surface area contributed by atoms with Crippen LogP contribution in [0.1, 0.15) is 11.1 Å². The van der Waals surface area contributed by atoms with Gasteiger partial charge in [0, 0.05) is 12.2 Å². The molecule has 0 unspecified atom stereocenters. The highest BCUT2D eigenvalue weighted by atomic mass is 16.2. The highest BCUT2D eigenvalue weighted by Crippen LogP contribution is 2.24. The van der Waals surface area contributed by atoms with Crippen molar-refractivity contribution in [1.29, 1.82) is 10.8 Å². The second kappa shape index (κ2) is 13.4. The molecule has 0 radical (unpaired) electrons. The summed E-state index contributed by atoms with van der Waals surface area (Å²) < 4.78 is 0. The maximum atomic E-state index is 11.5. The first-order valence-electron chi connectivity index (χ1n) is 10.2. The number of hydrogen-bond acceptors (Lipinski definition) is 4. The van der Waals surface area contributed by atoms with E-state index in [4.69, 9.17) is 22.3 Å². The maximum Gasteiger partial charge on any atom is 0.250 e. The van der Waals surface area contributed by atoms with Crippen LogP contribution in [0.25, 0.3) is 23.3 Å². The monoisotopic (exact) mass is 454 g/mol. The average Bonchev–Trinajstić information content (AvgIpc) is 2.82. The fourth-order valence-corrected chi connectivity index (χ4v) is 2.77. The Morgan fingerprint density at radius 1 is 0.647 bits per heavy atom. The van der Waals surface area contributed by atoms with E-state index in [0.717, 1.165) is 22.3 Å². The molecule has 8 N–H and O–H groups in total. The molecule has 34 heavy (non-hydrogen) atoms. The fraction of sp³-hybridized carbons (Fsp3) is 0. The summed E-state index contributed by atoms with van der Waals surface area (Å²) in [6.07, 6.45) is 6.05. The minimum Gasteiger partial charge on any atom is -0.370 e. The van der Waals surface area contributed by atoms with Gasteiger partial charge in [0.25, 0.3) is 11.8 Å². The van der Waals surface area contributed by atoms with Gasteiger partial charge in [-0.05, 0) is 34.4 Å². The molecule has 3 aromatic rings. The minimum absolute atomic E-state index is 0.354. The van der Waals surface area contributed by atoms with Gasteiger partial charge in [-0.3, -0.25) is 31.0 Å². The molecular weight excluding hydrogens is 428 g/mol. The zero-order valence-electron chi connectivity index (χ0n) is 18.4. The molecule has 0 aliphatic carbocycles. The van der Waals surface area contributed by atoms with Gasteiger partial charge >= 0.3 is 0 Å². The van der Waals surface area contributed by atoms with Gasteiger partial charge < -0.3 is 11.5 Å². The van der Waals surface area contributed by atoms with E-state index >= 15 is 0 Å². The van der Waals surface area contributed by atoms with Gasteiger partial charge in [-0.25, -0.2) is 0 Å². The molecule has 0 bridgehead atoms. The van der Waals surface area contributed by atoms with Crippen LogP contribution in [0.4, 0.5) is 0 Å². The van der Waals surface area contributed by atoms with Crippen LogP contribution in [0.5, 0.6) is 0 Å². The molecule has 0 saturated heterocycles. The summed E-state index contributed by atoms with van der Waals surface area (Å²) in [4.78, 5) is 22.5. The second-order valence-corrected chi connectivity index (χ2v) is 6.84. The molecule has 0 aliphatic heterocycles. The zero-order valence-corrected chi connectivity index (χ0v) is 18.4. The lowest BCUT2D eigenvalue weighted by Gasteiger charge is -2.06. The molecule has 172 valence electrons. The molecule has 0 atom stereocenters. The number of nitrogens with one attached hydrogen (secondary N) is 4. The molecule has 0 heterocycles. The standard InChI is InChI=1S/C16H15N3O.C10H11N3O/c17-16(18)19-15(20)11-10-13-8-4-5-9-14(13)12-6-2-1-3-7-12;11-10(12)13-9(14)7-6-8-4-2-1-3-5-8/h1-11H,(H4,17,18,19,20);1-7H,(H4,11,12,13,14). The van der Waals surface area contributed by atoms with E-state index in [0.29, 0.717) is 0 Å². The van der Waals surface area contributed by atoms with Crippen molar-refractivity contribution in [1.82, 2.24) is 10.6 Å². The number of benzene rings is 3. The normalized spacial score (nSPS) is 10.2. The highest BCUT2D eigenvalue weighted by Gasteiger charge is 2.02. The quantitative estimate of drug-likeness (QED) is 0.199. The van der Waals surface area contributed by atoms with Crippen LogP contribution in [-0.4, -0.2) is 23.7 Å². The van der Waals surface area contributed by atoms with E-state index < -0.39 is 11.8 Å². The maximum absolute atomic E-state index is 11.5. The van der Waals surface area contributed by atoms with Gasteiger partial charge in [0.1, 0.15) is 0 Å². The van der Waals surface area contributed by atoms with Crippen LogP contribution in [-0.2, 0) is 9.59 Å². The molecule has 3 rings (SSSR count).